The fourth-order valence-corrected chi connectivity index (χ4v) is 3.15. The summed E-state index contributed by atoms with van der Waals surface area (Å²) in [5.41, 5.74) is 6.78. The van der Waals surface area contributed by atoms with Gasteiger partial charge in [0, 0.05) is 0 Å². The van der Waals surface area contributed by atoms with Crippen LogP contribution < -0.4 is 0 Å². The van der Waals surface area contributed by atoms with E-state index in [9.17, 15) is 0 Å². The highest BCUT2D eigenvalue weighted by molar-refractivity contribution is 7.92. The van der Waals surface area contributed by atoms with E-state index in [0.29, 0.717) is 5.92 Å². The molecule has 0 heterocycles. The summed E-state index contributed by atoms with van der Waals surface area (Å²) in [6.45, 7) is 34.4. The maximum Gasteiger partial charge on any atom is 0.0810 e. The fourth-order valence-electron chi connectivity index (χ4n) is 2.85. The number of hydrogen-bond acceptors (Lipinski definition) is 3. The molecule has 3 heteroatoms. The van der Waals surface area contributed by atoms with Crippen molar-refractivity contribution in [3.63, 3.8) is 0 Å². The molecular formula is C31H57NOS. The first-order valence-corrected chi connectivity index (χ1v) is 13.6. The lowest BCUT2D eigenvalue weighted by molar-refractivity contribution is 0.453. The van der Waals surface area contributed by atoms with E-state index in [1.807, 2.05) is 18.4 Å². The zero-order valence-corrected chi connectivity index (χ0v) is 25.5. The van der Waals surface area contributed by atoms with Crippen LogP contribution in [0.1, 0.15) is 93.9 Å². The van der Waals surface area contributed by atoms with Crippen molar-refractivity contribution in [3.05, 3.63) is 71.9 Å². The van der Waals surface area contributed by atoms with Gasteiger partial charge in [0.2, 0.25) is 0 Å². The normalized spacial score (nSPS) is 13.2. The van der Waals surface area contributed by atoms with Gasteiger partial charge in [-0.25, -0.2) is 4.31 Å². The Bertz CT molecular complexity index is 654. The molecular weight excluding hydrogens is 434 g/mol. The highest BCUT2D eigenvalue weighted by Crippen LogP contribution is 2.28. The molecule has 0 saturated carbocycles. The highest BCUT2D eigenvalue weighted by Gasteiger charge is 2.11. The average Bonchev–Trinajstić information content (AvgIpc) is 2.80. The van der Waals surface area contributed by atoms with E-state index >= 15 is 0 Å². The third-order valence-electron chi connectivity index (χ3n) is 5.49. The lowest BCUT2D eigenvalue weighted by Gasteiger charge is -2.18. The van der Waals surface area contributed by atoms with Gasteiger partial charge in [-0.3, -0.25) is 0 Å². The molecule has 0 aromatic rings. The molecule has 0 aliphatic rings. The van der Waals surface area contributed by atoms with Gasteiger partial charge in [0.1, 0.15) is 0 Å². The van der Waals surface area contributed by atoms with Crippen molar-refractivity contribution in [2.75, 3.05) is 21.2 Å². The Morgan fingerprint density at radius 3 is 1.79 bits per heavy atom. The predicted molar refractivity (Wildman–Crippen MR) is 161 cm³/mol. The number of nitrogens with zero attached hydrogens (tertiary/aromatic N) is 1. The Morgan fingerprint density at radius 2 is 1.44 bits per heavy atom. The van der Waals surface area contributed by atoms with Crippen molar-refractivity contribution < 1.29 is 4.18 Å². The first-order valence-electron chi connectivity index (χ1n) is 12.9. The van der Waals surface area contributed by atoms with Crippen molar-refractivity contribution in [1.29, 1.82) is 0 Å². The van der Waals surface area contributed by atoms with Crippen molar-refractivity contribution in [2.24, 2.45) is 11.8 Å². The summed E-state index contributed by atoms with van der Waals surface area (Å²) in [6, 6.07) is 0. The average molecular weight is 492 g/mol. The van der Waals surface area contributed by atoms with Crippen molar-refractivity contribution >= 4 is 12.2 Å². The molecule has 0 aliphatic carbocycles. The molecule has 0 saturated heterocycles. The van der Waals surface area contributed by atoms with Gasteiger partial charge in [0.15, 0.2) is 0 Å². The number of hydrogen-bond donors (Lipinski definition) is 0. The molecule has 0 aromatic carbocycles. The van der Waals surface area contributed by atoms with E-state index in [1.54, 1.807) is 7.11 Å². The zero-order valence-electron chi connectivity index (χ0n) is 24.6. The zero-order chi connectivity index (χ0) is 27.3. The second kappa shape index (κ2) is 23.5. The highest BCUT2D eigenvalue weighted by atomic mass is 32.2. The quantitative estimate of drug-likeness (QED) is 0.136. The molecule has 0 bridgehead atoms. The van der Waals surface area contributed by atoms with Gasteiger partial charge in [0.25, 0.3) is 0 Å². The number of allylic oxidation sites excluding steroid dienone is 8. The summed E-state index contributed by atoms with van der Waals surface area (Å²) in [5, 5.41) is 0. The van der Waals surface area contributed by atoms with Crippen LogP contribution in [0, 0.1) is 11.8 Å². The van der Waals surface area contributed by atoms with Crippen molar-refractivity contribution in [1.82, 2.24) is 4.31 Å². The van der Waals surface area contributed by atoms with Crippen LogP contribution in [0.25, 0.3) is 0 Å². The fraction of sp³-hybridized carbons (Fsp3) is 0.613. The van der Waals surface area contributed by atoms with E-state index in [1.165, 1.54) is 54.6 Å². The van der Waals surface area contributed by atoms with Crippen LogP contribution >= 0.6 is 12.2 Å². The minimum Gasteiger partial charge on any atom is -0.304 e. The van der Waals surface area contributed by atoms with Gasteiger partial charge in [-0.05, 0) is 80.0 Å². The molecule has 0 radical (unpaired) electrons. The first-order chi connectivity index (χ1) is 15.9. The Hall–Kier alpha value is -1.29. The first kappa shape index (κ1) is 37.3. The topological polar surface area (TPSA) is 12.5 Å². The standard InChI is InChI=1S/C25H40.C3H9NOS.C3H8/c1-11-18(4)14-15-20(6)23(9)21(7)17-22(8)24(10)25(13-3)16-19(5)12-2;1-4(2)6-5-3;1-3-2/h16-18,20H,5,8-15H2,1-4,6-7H3;1-3H3;3H2,1-2H3/b21-17-,25-16-;;. The summed E-state index contributed by atoms with van der Waals surface area (Å²) in [6.07, 6.45) is 11.2. The summed E-state index contributed by atoms with van der Waals surface area (Å²) < 4.78 is 6.52. The molecule has 0 spiro atoms. The second-order valence-electron chi connectivity index (χ2n) is 9.14. The maximum absolute atomic E-state index is 4.65. The van der Waals surface area contributed by atoms with Gasteiger partial charge in [-0.2, -0.15) is 0 Å². The van der Waals surface area contributed by atoms with E-state index < -0.39 is 0 Å². The van der Waals surface area contributed by atoms with Gasteiger partial charge in [0.05, 0.1) is 19.3 Å². The summed E-state index contributed by atoms with van der Waals surface area (Å²) >= 11 is 1.32. The molecule has 0 fully saturated rings. The third kappa shape index (κ3) is 20.1. The molecule has 0 amide bonds. The van der Waals surface area contributed by atoms with E-state index in [2.05, 4.69) is 98.0 Å². The van der Waals surface area contributed by atoms with Gasteiger partial charge >= 0.3 is 0 Å². The predicted octanol–water partition coefficient (Wildman–Crippen LogP) is 10.5. The van der Waals surface area contributed by atoms with Crippen molar-refractivity contribution in [3.8, 4) is 0 Å². The largest absolute Gasteiger partial charge is 0.304 e. The molecule has 2 nitrogen and oxygen atoms in total. The molecule has 0 aliphatic heterocycles. The summed E-state index contributed by atoms with van der Waals surface area (Å²) in [5.74, 6) is 1.30. The molecule has 198 valence electrons. The second-order valence-corrected chi connectivity index (χ2v) is 10.4. The van der Waals surface area contributed by atoms with Crippen LogP contribution in [0.2, 0.25) is 0 Å². The third-order valence-corrected chi connectivity index (χ3v) is 5.94. The molecule has 2 unspecified atom stereocenters. The van der Waals surface area contributed by atoms with E-state index in [0.717, 1.165) is 35.5 Å². The summed E-state index contributed by atoms with van der Waals surface area (Å²) in [7, 11) is 5.49. The summed E-state index contributed by atoms with van der Waals surface area (Å²) in [4.78, 5) is 0. The van der Waals surface area contributed by atoms with Gasteiger partial charge in [-0.15, -0.1) is 0 Å². The monoisotopic (exact) mass is 491 g/mol. The smallest absolute Gasteiger partial charge is 0.0810 e. The van der Waals surface area contributed by atoms with E-state index in [-0.39, 0.29) is 0 Å². The molecule has 34 heavy (non-hydrogen) atoms. The minimum atomic E-state index is 0.507. The van der Waals surface area contributed by atoms with Crippen molar-refractivity contribution in [2.45, 2.75) is 93.9 Å². The molecule has 0 aromatic heterocycles. The van der Waals surface area contributed by atoms with Crippen LogP contribution in [0.15, 0.2) is 71.9 Å². The lowest BCUT2D eigenvalue weighted by atomic mass is 9.87. The minimum absolute atomic E-state index is 0.507. The van der Waals surface area contributed by atoms with Gasteiger partial charge < -0.3 is 4.18 Å². The van der Waals surface area contributed by atoms with Gasteiger partial charge in [-0.1, -0.05) is 112 Å². The Balaban J connectivity index is -0.000000902. The Morgan fingerprint density at radius 1 is 0.912 bits per heavy atom. The molecule has 0 N–H and O–H groups in total. The number of rotatable bonds is 14. The molecule has 0 rings (SSSR count). The SMILES string of the molecule is C=C(/C=C(/CC)C(=C)C(=C)/C=C(/C)C(=C)C(C)CCC(C)CC)CC.CCC.COSN(C)C. The van der Waals surface area contributed by atoms with Crippen LogP contribution in [-0.4, -0.2) is 25.5 Å². The van der Waals surface area contributed by atoms with Crippen LogP contribution in [0.5, 0.6) is 0 Å². The Labute approximate surface area is 219 Å². The van der Waals surface area contributed by atoms with Crippen LogP contribution in [0.4, 0.5) is 0 Å². The van der Waals surface area contributed by atoms with Crippen LogP contribution in [0.3, 0.4) is 0 Å². The lowest BCUT2D eigenvalue weighted by Crippen LogP contribution is -2.03. The van der Waals surface area contributed by atoms with E-state index in [4.69, 9.17) is 0 Å². The van der Waals surface area contributed by atoms with Crippen LogP contribution in [-0.2, 0) is 4.18 Å². The maximum atomic E-state index is 4.65. The Kier molecular flexibility index (Phi) is 25.7. The molecule has 2 atom stereocenters.